The van der Waals surface area contributed by atoms with Gasteiger partial charge in [0.25, 0.3) is 9.84 Å². The predicted molar refractivity (Wildman–Crippen MR) is 54.8 cm³/mol. The van der Waals surface area contributed by atoms with Crippen molar-refractivity contribution in [3.05, 3.63) is 29.8 Å². The minimum absolute atomic E-state index is 0. The number of nitrogens with two attached hydrogens (primary N) is 1. The standard InChI is InChI=1S/C8H8F3NO2S.ClH/c9-8(10,11)15(13,14)7-3-1-6(5-12)2-4-7;/h1-4H,5,12H2;1H. The molecule has 0 atom stereocenters. The monoisotopic (exact) mass is 275 g/mol. The Bertz CT molecular complexity index is 441. The highest BCUT2D eigenvalue weighted by Gasteiger charge is 2.46. The molecule has 1 rings (SSSR count). The van der Waals surface area contributed by atoms with Gasteiger partial charge in [-0.05, 0) is 17.7 Å². The summed E-state index contributed by atoms with van der Waals surface area (Å²) < 4.78 is 58.1. The molecular formula is C8H9ClF3NO2S. The van der Waals surface area contributed by atoms with Crippen molar-refractivity contribution in [2.45, 2.75) is 16.9 Å². The Balaban J connectivity index is 0.00000225. The molecule has 0 amide bonds. The van der Waals surface area contributed by atoms with Gasteiger partial charge in [0.05, 0.1) is 4.90 Å². The molecule has 92 valence electrons. The van der Waals surface area contributed by atoms with Gasteiger partial charge in [-0.25, -0.2) is 8.42 Å². The zero-order valence-electron chi connectivity index (χ0n) is 7.86. The summed E-state index contributed by atoms with van der Waals surface area (Å²) in [5, 5.41) is 0. The van der Waals surface area contributed by atoms with Crippen molar-refractivity contribution in [2.24, 2.45) is 5.73 Å². The van der Waals surface area contributed by atoms with Gasteiger partial charge in [0.15, 0.2) is 0 Å². The summed E-state index contributed by atoms with van der Waals surface area (Å²) >= 11 is 0. The van der Waals surface area contributed by atoms with Gasteiger partial charge < -0.3 is 5.73 Å². The molecular weight excluding hydrogens is 267 g/mol. The zero-order valence-corrected chi connectivity index (χ0v) is 9.49. The zero-order chi connectivity index (χ0) is 11.7. The minimum atomic E-state index is -5.27. The number of alkyl halides is 3. The molecule has 0 aliphatic rings. The van der Waals surface area contributed by atoms with Crippen LogP contribution >= 0.6 is 12.4 Å². The second-order valence-corrected chi connectivity index (χ2v) is 4.74. The maximum atomic E-state index is 12.1. The quantitative estimate of drug-likeness (QED) is 0.896. The van der Waals surface area contributed by atoms with E-state index in [0.29, 0.717) is 5.56 Å². The molecule has 16 heavy (non-hydrogen) atoms. The Morgan fingerprint density at radius 3 is 1.88 bits per heavy atom. The fourth-order valence-electron chi connectivity index (χ4n) is 0.938. The van der Waals surface area contributed by atoms with Crippen LogP contribution in [0.25, 0.3) is 0 Å². The van der Waals surface area contributed by atoms with E-state index in [0.717, 1.165) is 12.1 Å². The van der Waals surface area contributed by atoms with Crippen molar-refractivity contribution in [1.29, 1.82) is 0 Å². The van der Waals surface area contributed by atoms with Crippen molar-refractivity contribution in [2.75, 3.05) is 0 Å². The highest BCUT2D eigenvalue weighted by atomic mass is 35.5. The van der Waals surface area contributed by atoms with Crippen LogP contribution in [0.3, 0.4) is 0 Å². The molecule has 0 aliphatic carbocycles. The van der Waals surface area contributed by atoms with Gasteiger partial charge in [-0.2, -0.15) is 13.2 Å². The molecule has 0 saturated heterocycles. The largest absolute Gasteiger partial charge is 0.501 e. The molecule has 0 radical (unpaired) electrons. The van der Waals surface area contributed by atoms with E-state index in [2.05, 4.69) is 0 Å². The molecule has 0 aromatic heterocycles. The first-order valence-corrected chi connectivity index (χ1v) is 5.37. The summed E-state index contributed by atoms with van der Waals surface area (Å²) in [6, 6.07) is 4.28. The van der Waals surface area contributed by atoms with Gasteiger partial charge in [-0.15, -0.1) is 12.4 Å². The van der Waals surface area contributed by atoms with E-state index in [4.69, 9.17) is 5.73 Å². The lowest BCUT2D eigenvalue weighted by atomic mass is 10.2. The fourth-order valence-corrected chi connectivity index (χ4v) is 1.70. The number of benzene rings is 1. The van der Waals surface area contributed by atoms with Crippen LogP contribution in [0, 0.1) is 0 Å². The lowest BCUT2D eigenvalue weighted by Gasteiger charge is -2.08. The van der Waals surface area contributed by atoms with Crippen LogP contribution in [0.2, 0.25) is 0 Å². The van der Waals surface area contributed by atoms with E-state index >= 15 is 0 Å². The van der Waals surface area contributed by atoms with E-state index in [1.807, 2.05) is 0 Å². The summed E-state index contributed by atoms with van der Waals surface area (Å²) in [5.74, 6) is 0. The van der Waals surface area contributed by atoms with E-state index in [1.54, 1.807) is 0 Å². The van der Waals surface area contributed by atoms with Crippen LogP contribution in [0.15, 0.2) is 29.2 Å². The Morgan fingerprint density at radius 1 is 1.12 bits per heavy atom. The Hall–Kier alpha value is -0.790. The lowest BCUT2D eigenvalue weighted by Crippen LogP contribution is -2.23. The molecule has 0 unspecified atom stereocenters. The topological polar surface area (TPSA) is 60.2 Å². The normalized spacial score (nSPS) is 12.0. The van der Waals surface area contributed by atoms with Crippen molar-refractivity contribution in [1.82, 2.24) is 0 Å². The van der Waals surface area contributed by atoms with Gasteiger partial charge in [0.2, 0.25) is 0 Å². The van der Waals surface area contributed by atoms with Gasteiger partial charge in [0, 0.05) is 6.54 Å². The molecule has 3 nitrogen and oxygen atoms in total. The van der Waals surface area contributed by atoms with Crippen LogP contribution in [0.1, 0.15) is 5.56 Å². The van der Waals surface area contributed by atoms with E-state index < -0.39 is 20.2 Å². The third-order valence-corrected chi connectivity index (χ3v) is 3.28. The first kappa shape index (κ1) is 15.2. The molecule has 0 bridgehead atoms. The maximum Gasteiger partial charge on any atom is 0.501 e. The molecule has 1 aromatic carbocycles. The van der Waals surface area contributed by atoms with Gasteiger partial charge in [-0.3, -0.25) is 0 Å². The maximum absolute atomic E-state index is 12.1. The minimum Gasteiger partial charge on any atom is -0.326 e. The SMILES string of the molecule is Cl.NCc1ccc(S(=O)(=O)C(F)(F)F)cc1. The molecule has 1 aromatic rings. The molecule has 0 spiro atoms. The predicted octanol–water partition coefficient (Wildman–Crippen LogP) is 1.86. The number of hydrogen-bond donors (Lipinski definition) is 1. The van der Waals surface area contributed by atoms with Crippen molar-refractivity contribution in [3.8, 4) is 0 Å². The molecule has 0 aliphatic heterocycles. The summed E-state index contributed by atoms with van der Waals surface area (Å²) in [5.41, 5.74) is 0.522. The van der Waals surface area contributed by atoms with Crippen LogP contribution in [-0.2, 0) is 16.4 Å². The highest BCUT2D eigenvalue weighted by Crippen LogP contribution is 2.30. The fraction of sp³-hybridized carbons (Fsp3) is 0.250. The van der Waals surface area contributed by atoms with Crippen molar-refractivity contribution in [3.63, 3.8) is 0 Å². The summed E-state index contributed by atoms with van der Waals surface area (Å²) in [6.07, 6.45) is 0. The number of rotatable bonds is 2. The average molecular weight is 276 g/mol. The molecule has 0 fully saturated rings. The molecule has 2 N–H and O–H groups in total. The van der Waals surface area contributed by atoms with Crippen LogP contribution in [-0.4, -0.2) is 13.9 Å². The van der Waals surface area contributed by atoms with Crippen LogP contribution < -0.4 is 5.73 Å². The van der Waals surface area contributed by atoms with E-state index in [-0.39, 0.29) is 19.0 Å². The first-order valence-electron chi connectivity index (χ1n) is 3.89. The number of sulfone groups is 1. The summed E-state index contributed by atoms with van der Waals surface area (Å²) in [6.45, 7) is 0.145. The molecule has 0 heterocycles. The molecule has 0 saturated carbocycles. The Kier molecular flexibility index (Phi) is 4.78. The number of hydrogen-bond acceptors (Lipinski definition) is 3. The summed E-state index contributed by atoms with van der Waals surface area (Å²) in [4.78, 5) is -0.771. The van der Waals surface area contributed by atoms with E-state index in [9.17, 15) is 21.6 Å². The van der Waals surface area contributed by atoms with Gasteiger partial charge in [0.1, 0.15) is 0 Å². The third-order valence-electron chi connectivity index (χ3n) is 1.77. The smallest absolute Gasteiger partial charge is 0.326 e. The Morgan fingerprint density at radius 2 is 1.56 bits per heavy atom. The van der Waals surface area contributed by atoms with Crippen LogP contribution in [0.5, 0.6) is 0 Å². The van der Waals surface area contributed by atoms with Gasteiger partial charge in [-0.1, -0.05) is 12.1 Å². The highest BCUT2D eigenvalue weighted by molar-refractivity contribution is 7.92. The van der Waals surface area contributed by atoms with Crippen molar-refractivity contribution >= 4 is 22.2 Å². The summed E-state index contributed by atoms with van der Waals surface area (Å²) in [7, 11) is -5.24. The first-order chi connectivity index (χ1) is 6.79. The van der Waals surface area contributed by atoms with Crippen LogP contribution in [0.4, 0.5) is 13.2 Å². The second-order valence-electron chi connectivity index (χ2n) is 2.80. The number of halogens is 4. The van der Waals surface area contributed by atoms with E-state index in [1.165, 1.54) is 12.1 Å². The lowest BCUT2D eigenvalue weighted by molar-refractivity contribution is -0.0436. The van der Waals surface area contributed by atoms with Gasteiger partial charge >= 0.3 is 5.51 Å². The molecule has 8 heteroatoms. The third kappa shape index (κ3) is 2.87. The second kappa shape index (κ2) is 5.03. The Labute approximate surface area is 96.8 Å². The van der Waals surface area contributed by atoms with Crippen molar-refractivity contribution < 1.29 is 21.6 Å². The average Bonchev–Trinajstić information content (AvgIpc) is 2.16.